The minimum atomic E-state index is -1.01. The maximum absolute atomic E-state index is 13.4. The van der Waals surface area contributed by atoms with Crippen LogP contribution in [0.15, 0.2) is 18.2 Å². The van der Waals surface area contributed by atoms with E-state index in [0.29, 0.717) is 12.0 Å². The maximum atomic E-state index is 13.4. The molecule has 0 spiro atoms. The Bertz CT molecular complexity index is 562. The van der Waals surface area contributed by atoms with Crippen molar-refractivity contribution in [3.63, 3.8) is 0 Å². The predicted molar refractivity (Wildman–Crippen MR) is 76.2 cm³/mol. The minimum absolute atomic E-state index is 0.0857. The van der Waals surface area contributed by atoms with Crippen LogP contribution in [0.25, 0.3) is 0 Å². The highest BCUT2D eigenvalue weighted by molar-refractivity contribution is 5.91. The van der Waals surface area contributed by atoms with E-state index in [1.165, 1.54) is 0 Å². The van der Waals surface area contributed by atoms with Crippen molar-refractivity contribution in [3.05, 3.63) is 35.4 Å². The van der Waals surface area contributed by atoms with Crippen LogP contribution < -0.4 is 5.32 Å². The van der Waals surface area contributed by atoms with Gasteiger partial charge in [0.2, 0.25) is 0 Å². The molecular formula is C16H19F2NO3. The van der Waals surface area contributed by atoms with Crippen LogP contribution in [0.1, 0.15) is 43.0 Å². The average Bonchev–Trinajstić information content (AvgIpc) is 2.47. The number of carbonyl (C=O) groups excluding carboxylic acids is 2. The average molecular weight is 311 g/mol. The van der Waals surface area contributed by atoms with Crippen molar-refractivity contribution in [2.75, 3.05) is 6.61 Å². The molecule has 120 valence electrons. The second-order valence-electron chi connectivity index (χ2n) is 5.64. The summed E-state index contributed by atoms with van der Waals surface area (Å²) in [5.74, 6) is -2.79. The molecule has 0 bridgehead atoms. The highest BCUT2D eigenvalue weighted by Gasteiger charge is 2.23. The largest absolute Gasteiger partial charge is 0.452 e. The molecule has 1 aromatic carbocycles. The molecule has 0 saturated heterocycles. The smallest absolute Gasteiger partial charge is 0.341 e. The van der Waals surface area contributed by atoms with Crippen molar-refractivity contribution in [1.29, 1.82) is 0 Å². The van der Waals surface area contributed by atoms with Crippen LogP contribution >= 0.6 is 0 Å². The normalized spacial score (nSPS) is 21.2. The Labute approximate surface area is 127 Å². The van der Waals surface area contributed by atoms with Crippen molar-refractivity contribution in [2.45, 2.75) is 38.6 Å². The van der Waals surface area contributed by atoms with Gasteiger partial charge in [-0.1, -0.05) is 19.8 Å². The molecule has 1 fully saturated rings. The summed E-state index contributed by atoms with van der Waals surface area (Å²) in [7, 11) is 0. The molecule has 4 nitrogen and oxygen atoms in total. The Balaban J connectivity index is 1.84. The lowest BCUT2D eigenvalue weighted by Crippen LogP contribution is -2.42. The molecule has 0 radical (unpaired) electrons. The van der Waals surface area contributed by atoms with E-state index < -0.39 is 30.1 Å². The van der Waals surface area contributed by atoms with Gasteiger partial charge in [-0.05, 0) is 30.9 Å². The third-order valence-corrected chi connectivity index (χ3v) is 3.94. The lowest BCUT2D eigenvalue weighted by atomic mass is 9.86. The predicted octanol–water partition coefficient (Wildman–Crippen LogP) is 2.82. The molecular weight excluding hydrogens is 292 g/mol. The molecule has 2 atom stereocenters. The second-order valence-corrected chi connectivity index (χ2v) is 5.64. The van der Waals surface area contributed by atoms with Crippen LogP contribution in [0.4, 0.5) is 8.78 Å². The monoisotopic (exact) mass is 311 g/mol. The number of amides is 1. The van der Waals surface area contributed by atoms with Gasteiger partial charge >= 0.3 is 5.97 Å². The number of esters is 1. The van der Waals surface area contributed by atoms with Crippen molar-refractivity contribution in [1.82, 2.24) is 5.32 Å². The van der Waals surface area contributed by atoms with E-state index in [9.17, 15) is 18.4 Å². The van der Waals surface area contributed by atoms with E-state index in [0.717, 1.165) is 37.8 Å². The molecule has 0 aliphatic heterocycles. The Morgan fingerprint density at radius 1 is 1.27 bits per heavy atom. The first-order valence-electron chi connectivity index (χ1n) is 7.39. The summed E-state index contributed by atoms with van der Waals surface area (Å²) in [4.78, 5) is 23.5. The fourth-order valence-corrected chi connectivity index (χ4v) is 2.64. The summed E-state index contributed by atoms with van der Waals surface area (Å²) < 4.78 is 30.9. The number of hydrogen-bond donors (Lipinski definition) is 1. The number of rotatable bonds is 4. The van der Waals surface area contributed by atoms with Gasteiger partial charge in [-0.2, -0.15) is 0 Å². The molecule has 0 aromatic heterocycles. The number of halogens is 2. The molecule has 1 aliphatic rings. The fraction of sp³-hybridized carbons (Fsp3) is 0.500. The van der Waals surface area contributed by atoms with Gasteiger partial charge in [-0.25, -0.2) is 13.6 Å². The van der Waals surface area contributed by atoms with Crippen LogP contribution in [0, 0.1) is 17.6 Å². The Kier molecular flexibility index (Phi) is 5.46. The Morgan fingerprint density at radius 2 is 2.00 bits per heavy atom. The first-order chi connectivity index (χ1) is 10.5. The molecule has 1 saturated carbocycles. The van der Waals surface area contributed by atoms with Gasteiger partial charge in [-0.15, -0.1) is 0 Å². The summed E-state index contributed by atoms with van der Waals surface area (Å²) in [6.45, 7) is 1.60. The molecule has 1 aromatic rings. The first-order valence-corrected chi connectivity index (χ1v) is 7.39. The number of ether oxygens (including phenoxy) is 1. The molecule has 22 heavy (non-hydrogen) atoms. The van der Waals surface area contributed by atoms with E-state index in [2.05, 4.69) is 12.2 Å². The summed E-state index contributed by atoms with van der Waals surface area (Å²) in [6, 6.07) is 2.64. The third-order valence-electron chi connectivity index (χ3n) is 3.94. The zero-order chi connectivity index (χ0) is 16.1. The number of hydrogen-bond acceptors (Lipinski definition) is 3. The number of carbonyl (C=O) groups is 2. The number of benzene rings is 1. The zero-order valence-corrected chi connectivity index (χ0v) is 12.4. The molecule has 1 amide bonds. The molecule has 6 heteroatoms. The highest BCUT2D eigenvalue weighted by atomic mass is 19.1. The van der Waals surface area contributed by atoms with Gasteiger partial charge in [-0.3, -0.25) is 4.79 Å². The molecule has 2 rings (SSSR count). The Morgan fingerprint density at radius 3 is 2.68 bits per heavy atom. The van der Waals surface area contributed by atoms with E-state index in [1.54, 1.807) is 0 Å². The standard InChI is InChI=1S/C16H19F2NO3/c1-10-4-2-3-5-14(10)19-15(20)9-22-16(21)12-7-6-11(17)8-13(12)18/h6-8,10,14H,2-5,9H2,1H3,(H,19,20)/t10-,14+/m0/s1. The van der Waals surface area contributed by atoms with Gasteiger partial charge in [0.05, 0.1) is 5.56 Å². The highest BCUT2D eigenvalue weighted by Crippen LogP contribution is 2.23. The van der Waals surface area contributed by atoms with Crippen molar-refractivity contribution in [3.8, 4) is 0 Å². The van der Waals surface area contributed by atoms with E-state index in [1.807, 2.05) is 0 Å². The van der Waals surface area contributed by atoms with Gasteiger partial charge in [0.25, 0.3) is 5.91 Å². The molecule has 0 unspecified atom stereocenters. The Hall–Kier alpha value is -1.98. The lowest BCUT2D eigenvalue weighted by Gasteiger charge is -2.29. The molecule has 0 heterocycles. The summed E-state index contributed by atoms with van der Waals surface area (Å²) >= 11 is 0. The summed E-state index contributed by atoms with van der Waals surface area (Å²) in [5, 5.41) is 2.83. The van der Waals surface area contributed by atoms with Crippen LogP contribution in [-0.4, -0.2) is 24.5 Å². The van der Waals surface area contributed by atoms with Crippen LogP contribution in [0.3, 0.4) is 0 Å². The quantitative estimate of drug-likeness (QED) is 0.870. The van der Waals surface area contributed by atoms with Gasteiger partial charge in [0.15, 0.2) is 6.61 Å². The number of nitrogens with one attached hydrogen (secondary N) is 1. The van der Waals surface area contributed by atoms with E-state index in [-0.39, 0.29) is 11.6 Å². The third kappa shape index (κ3) is 4.26. The summed E-state index contributed by atoms with van der Waals surface area (Å²) in [5.41, 5.74) is -0.389. The van der Waals surface area contributed by atoms with E-state index in [4.69, 9.17) is 4.74 Å². The zero-order valence-electron chi connectivity index (χ0n) is 12.4. The molecule has 1 aliphatic carbocycles. The summed E-state index contributed by atoms with van der Waals surface area (Å²) in [6.07, 6.45) is 4.20. The van der Waals surface area contributed by atoms with Crippen LogP contribution in [0.5, 0.6) is 0 Å². The van der Waals surface area contributed by atoms with E-state index >= 15 is 0 Å². The minimum Gasteiger partial charge on any atom is -0.452 e. The van der Waals surface area contributed by atoms with Gasteiger partial charge < -0.3 is 10.1 Å². The van der Waals surface area contributed by atoms with Crippen molar-refractivity contribution >= 4 is 11.9 Å². The van der Waals surface area contributed by atoms with Crippen molar-refractivity contribution in [2.24, 2.45) is 5.92 Å². The molecule has 1 N–H and O–H groups in total. The first kappa shape index (κ1) is 16.4. The topological polar surface area (TPSA) is 55.4 Å². The SMILES string of the molecule is C[C@H]1CCCC[C@H]1NC(=O)COC(=O)c1ccc(F)cc1F. The van der Waals surface area contributed by atoms with Gasteiger partial charge in [0.1, 0.15) is 11.6 Å². The second kappa shape index (κ2) is 7.33. The lowest BCUT2D eigenvalue weighted by molar-refractivity contribution is -0.125. The van der Waals surface area contributed by atoms with Gasteiger partial charge in [0, 0.05) is 12.1 Å². The van der Waals surface area contributed by atoms with Crippen molar-refractivity contribution < 1.29 is 23.1 Å². The van der Waals surface area contributed by atoms with Crippen LogP contribution in [-0.2, 0) is 9.53 Å². The maximum Gasteiger partial charge on any atom is 0.341 e. The van der Waals surface area contributed by atoms with Crippen LogP contribution in [0.2, 0.25) is 0 Å². The fourth-order valence-electron chi connectivity index (χ4n) is 2.64.